The van der Waals surface area contributed by atoms with Crippen molar-refractivity contribution in [3.05, 3.63) is 29.0 Å². The summed E-state index contributed by atoms with van der Waals surface area (Å²) in [5, 5.41) is 13.0. The second kappa shape index (κ2) is 8.93. The number of H-pyrrole nitrogens is 1. The Morgan fingerprint density at radius 2 is 2.06 bits per heavy atom. The molecule has 2 fully saturated rings. The lowest BCUT2D eigenvalue weighted by atomic mass is 9.95. The van der Waals surface area contributed by atoms with Crippen LogP contribution in [0.15, 0.2) is 18.3 Å². The fourth-order valence-corrected chi connectivity index (χ4v) is 4.04. The molecule has 3 amide bonds. The second-order valence-corrected chi connectivity index (χ2v) is 8.06. The highest BCUT2D eigenvalue weighted by Crippen LogP contribution is 2.29. The van der Waals surface area contributed by atoms with E-state index in [1.54, 1.807) is 17.0 Å². The molecule has 2 saturated heterocycles. The zero-order chi connectivity index (χ0) is 22.0. The van der Waals surface area contributed by atoms with Gasteiger partial charge in [0.25, 0.3) is 5.91 Å². The Balaban J connectivity index is 1.35. The Kier molecular flexibility index (Phi) is 6.08. The number of rotatable bonds is 5. The Bertz CT molecular complexity index is 1000. The van der Waals surface area contributed by atoms with Crippen LogP contribution in [-0.4, -0.2) is 70.6 Å². The topological polar surface area (TPSA) is 129 Å². The van der Waals surface area contributed by atoms with Crippen LogP contribution in [-0.2, 0) is 9.59 Å². The summed E-state index contributed by atoms with van der Waals surface area (Å²) in [4.78, 5) is 42.3. The molecule has 0 spiro atoms. The maximum absolute atomic E-state index is 12.9. The lowest BCUT2D eigenvalue weighted by Crippen LogP contribution is -2.45. The number of nitrogens with one attached hydrogen (secondary N) is 3. The van der Waals surface area contributed by atoms with Crippen molar-refractivity contribution in [3.8, 4) is 17.1 Å². The van der Waals surface area contributed by atoms with E-state index in [0.29, 0.717) is 61.1 Å². The number of carbonyl (C=O) groups excluding carboxylic acids is 3. The van der Waals surface area contributed by atoms with Crippen LogP contribution in [0, 0.1) is 5.92 Å². The normalized spacial score (nSPS) is 19.2. The molecule has 4 heterocycles. The number of ether oxygens (including phenoxy) is 1. The maximum atomic E-state index is 12.9. The van der Waals surface area contributed by atoms with E-state index in [4.69, 9.17) is 16.3 Å². The Labute approximate surface area is 183 Å². The fourth-order valence-electron chi connectivity index (χ4n) is 3.84. The molecule has 2 aliphatic rings. The average Bonchev–Trinajstić information content (AvgIpc) is 3.43. The van der Waals surface area contributed by atoms with Gasteiger partial charge in [0, 0.05) is 43.6 Å². The molecule has 0 saturated carbocycles. The van der Waals surface area contributed by atoms with Gasteiger partial charge in [0.05, 0.1) is 30.1 Å². The van der Waals surface area contributed by atoms with E-state index < -0.39 is 0 Å². The summed E-state index contributed by atoms with van der Waals surface area (Å²) in [6.45, 7) is 1.40. The van der Waals surface area contributed by atoms with Crippen LogP contribution in [0.25, 0.3) is 11.3 Å². The molecule has 11 heteroatoms. The zero-order valence-corrected chi connectivity index (χ0v) is 17.7. The van der Waals surface area contributed by atoms with Gasteiger partial charge in [0.15, 0.2) is 5.69 Å². The van der Waals surface area contributed by atoms with Gasteiger partial charge in [-0.2, -0.15) is 5.10 Å². The first-order chi connectivity index (χ1) is 14.9. The van der Waals surface area contributed by atoms with Gasteiger partial charge in [-0.1, -0.05) is 11.6 Å². The smallest absolute Gasteiger partial charge is 0.274 e. The predicted octanol–water partition coefficient (Wildman–Crippen LogP) is 0.991. The van der Waals surface area contributed by atoms with Gasteiger partial charge in [-0.25, -0.2) is 4.98 Å². The Hall–Kier alpha value is -3.14. The molecule has 0 bridgehead atoms. The summed E-state index contributed by atoms with van der Waals surface area (Å²) in [5.74, 6) is -0.0748. The number of nitrogens with zero attached hydrogens (tertiary/aromatic N) is 3. The highest BCUT2D eigenvalue weighted by molar-refractivity contribution is 6.33. The third-order valence-electron chi connectivity index (χ3n) is 5.60. The molecule has 4 rings (SSSR count). The molecule has 0 radical (unpaired) electrons. The van der Waals surface area contributed by atoms with Crippen LogP contribution in [0.5, 0.6) is 5.88 Å². The SMILES string of the molecule is COc1cc(-c2cc(C(=O)N3CCC(C(=O)NC4CNC(=O)C4)CC3)n[nH]2)c(Cl)cn1. The molecule has 1 unspecified atom stereocenters. The minimum atomic E-state index is -0.205. The standard InChI is InChI=1S/C20H23ClN6O4/c1-31-18-7-13(14(21)10-23-18)15-8-16(26-25-15)20(30)27-4-2-11(3-5-27)19(29)24-12-6-17(28)22-9-12/h7-8,10-12H,2-6,9H2,1H3,(H,22,28)(H,24,29)(H,25,26). The number of amides is 3. The largest absolute Gasteiger partial charge is 0.481 e. The predicted molar refractivity (Wildman–Crippen MR) is 112 cm³/mol. The van der Waals surface area contributed by atoms with E-state index in [-0.39, 0.29) is 35.4 Å². The van der Waals surface area contributed by atoms with Gasteiger partial charge in [-0.15, -0.1) is 0 Å². The lowest BCUT2D eigenvalue weighted by Gasteiger charge is -2.31. The molecule has 1 atom stereocenters. The van der Waals surface area contributed by atoms with Crippen molar-refractivity contribution >= 4 is 29.3 Å². The monoisotopic (exact) mass is 446 g/mol. The molecular weight excluding hydrogens is 424 g/mol. The minimum Gasteiger partial charge on any atom is -0.481 e. The van der Waals surface area contributed by atoms with E-state index >= 15 is 0 Å². The first-order valence-corrected chi connectivity index (χ1v) is 10.4. The molecule has 2 aromatic rings. The van der Waals surface area contributed by atoms with Crippen LogP contribution in [0.1, 0.15) is 29.8 Å². The van der Waals surface area contributed by atoms with E-state index in [9.17, 15) is 14.4 Å². The van der Waals surface area contributed by atoms with Gasteiger partial charge in [-0.05, 0) is 18.9 Å². The van der Waals surface area contributed by atoms with E-state index in [1.165, 1.54) is 13.3 Å². The quantitative estimate of drug-likeness (QED) is 0.628. The number of methoxy groups -OCH3 is 1. The number of piperidine rings is 1. The summed E-state index contributed by atoms with van der Waals surface area (Å²) in [5.41, 5.74) is 1.50. The molecule has 0 aliphatic carbocycles. The molecule has 0 aromatic carbocycles. The van der Waals surface area contributed by atoms with Crippen molar-refractivity contribution in [3.63, 3.8) is 0 Å². The number of hydrogen-bond acceptors (Lipinski definition) is 6. The number of likely N-dealkylation sites (tertiary alicyclic amines) is 1. The minimum absolute atomic E-state index is 0.0458. The highest BCUT2D eigenvalue weighted by atomic mass is 35.5. The van der Waals surface area contributed by atoms with Gasteiger partial charge >= 0.3 is 0 Å². The lowest BCUT2D eigenvalue weighted by molar-refractivity contribution is -0.126. The summed E-state index contributed by atoms with van der Waals surface area (Å²) in [6, 6.07) is 3.16. The van der Waals surface area contributed by atoms with Crippen LogP contribution in [0.4, 0.5) is 0 Å². The van der Waals surface area contributed by atoms with Gasteiger partial charge in [0.1, 0.15) is 0 Å². The van der Waals surface area contributed by atoms with Gasteiger partial charge in [-0.3, -0.25) is 19.5 Å². The van der Waals surface area contributed by atoms with E-state index in [0.717, 1.165) is 0 Å². The van der Waals surface area contributed by atoms with Crippen molar-refractivity contribution in [2.45, 2.75) is 25.3 Å². The van der Waals surface area contributed by atoms with Crippen molar-refractivity contribution in [2.24, 2.45) is 5.92 Å². The molecule has 31 heavy (non-hydrogen) atoms. The van der Waals surface area contributed by atoms with Crippen LogP contribution >= 0.6 is 11.6 Å². The summed E-state index contributed by atoms with van der Waals surface area (Å²) < 4.78 is 5.13. The molecular formula is C20H23ClN6O4. The molecule has 164 valence electrons. The Morgan fingerprint density at radius 1 is 1.29 bits per heavy atom. The molecule has 10 nitrogen and oxygen atoms in total. The fraction of sp³-hybridized carbons (Fsp3) is 0.450. The first-order valence-electron chi connectivity index (χ1n) is 10.1. The summed E-state index contributed by atoms with van der Waals surface area (Å²) >= 11 is 6.22. The van der Waals surface area contributed by atoms with Crippen molar-refractivity contribution in [2.75, 3.05) is 26.7 Å². The number of pyridine rings is 1. The highest BCUT2D eigenvalue weighted by Gasteiger charge is 2.31. The van der Waals surface area contributed by atoms with Crippen molar-refractivity contribution < 1.29 is 19.1 Å². The second-order valence-electron chi connectivity index (χ2n) is 7.65. The maximum Gasteiger partial charge on any atom is 0.274 e. The third-order valence-corrected chi connectivity index (χ3v) is 5.90. The van der Waals surface area contributed by atoms with Crippen LogP contribution in [0.3, 0.4) is 0 Å². The third kappa shape index (κ3) is 4.63. The van der Waals surface area contributed by atoms with Gasteiger partial charge < -0.3 is 20.3 Å². The van der Waals surface area contributed by atoms with E-state index in [1.807, 2.05) is 0 Å². The number of hydrogen-bond donors (Lipinski definition) is 3. The van der Waals surface area contributed by atoms with Crippen LogP contribution < -0.4 is 15.4 Å². The molecule has 2 aromatic heterocycles. The number of aromatic amines is 1. The molecule has 3 N–H and O–H groups in total. The van der Waals surface area contributed by atoms with Crippen molar-refractivity contribution in [1.29, 1.82) is 0 Å². The van der Waals surface area contributed by atoms with Crippen molar-refractivity contribution in [1.82, 2.24) is 30.7 Å². The summed E-state index contributed by atoms with van der Waals surface area (Å²) in [7, 11) is 1.51. The number of carbonyl (C=O) groups is 3. The first kappa shape index (κ1) is 21.1. The number of halogens is 1. The van der Waals surface area contributed by atoms with Gasteiger partial charge in [0.2, 0.25) is 17.7 Å². The van der Waals surface area contributed by atoms with Crippen LogP contribution in [0.2, 0.25) is 5.02 Å². The zero-order valence-electron chi connectivity index (χ0n) is 17.0. The number of aromatic nitrogens is 3. The van der Waals surface area contributed by atoms with E-state index in [2.05, 4.69) is 25.8 Å². The average molecular weight is 447 g/mol. The Morgan fingerprint density at radius 3 is 2.74 bits per heavy atom. The molecule has 2 aliphatic heterocycles. The summed E-state index contributed by atoms with van der Waals surface area (Å²) in [6.07, 6.45) is 2.93.